The largest absolute Gasteiger partial charge is 0.349 e. The van der Waals surface area contributed by atoms with Crippen LogP contribution in [0.1, 0.15) is 38.7 Å². The number of nitrogens with one attached hydrogen (secondary N) is 4. The van der Waals surface area contributed by atoms with Crippen molar-refractivity contribution in [3.8, 4) is 0 Å². The number of hydrazine groups is 2. The van der Waals surface area contributed by atoms with Gasteiger partial charge in [0.15, 0.2) is 0 Å². The second kappa shape index (κ2) is 10.4. The van der Waals surface area contributed by atoms with Gasteiger partial charge in [0, 0.05) is 32.6 Å². The zero-order chi connectivity index (χ0) is 20.9. The summed E-state index contributed by atoms with van der Waals surface area (Å²) >= 11 is 1.87. The number of thioether (sulfide) groups is 1. The average molecular weight is 435 g/mol. The molecule has 1 amide bonds. The van der Waals surface area contributed by atoms with Crippen LogP contribution in [0.4, 0.5) is 0 Å². The van der Waals surface area contributed by atoms with Gasteiger partial charge in [-0.05, 0) is 18.9 Å². The first kappa shape index (κ1) is 22.0. The molecule has 0 radical (unpaired) electrons. The summed E-state index contributed by atoms with van der Waals surface area (Å²) in [6.45, 7) is 7.84. The summed E-state index contributed by atoms with van der Waals surface area (Å²) < 4.78 is 0. The molecule has 3 fully saturated rings. The van der Waals surface area contributed by atoms with E-state index in [2.05, 4.69) is 57.6 Å². The highest BCUT2D eigenvalue weighted by Crippen LogP contribution is 2.32. The minimum atomic E-state index is -0.305. The molecule has 0 aromatic heterocycles. The van der Waals surface area contributed by atoms with Gasteiger partial charge in [0.25, 0.3) is 0 Å². The van der Waals surface area contributed by atoms with Crippen LogP contribution in [-0.4, -0.2) is 64.5 Å². The fraction of sp³-hybridized carbons (Fsp3) is 0.667. The van der Waals surface area contributed by atoms with Crippen molar-refractivity contribution in [2.24, 2.45) is 0 Å². The van der Waals surface area contributed by atoms with Crippen LogP contribution in [0.5, 0.6) is 0 Å². The summed E-state index contributed by atoms with van der Waals surface area (Å²) in [5.74, 6) is 0.0183. The van der Waals surface area contributed by atoms with Crippen molar-refractivity contribution in [2.75, 3.05) is 19.6 Å². The van der Waals surface area contributed by atoms with Crippen molar-refractivity contribution in [1.29, 1.82) is 0 Å². The van der Waals surface area contributed by atoms with E-state index in [-0.39, 0.29) is 29.5 Å². The summed E-state index contributed by atoms with van der Waals surface area (Å²) in [6.07, 6.45) is 3.02. The zero-order valence-electron chi connectivity index (χ0n) is 17.8. The van der Waals surface area contributed by atoms with Gasteiger partial charge >= 0.3 is 0 Å². The highest BCUT2D eigenvalue weighted by molar-refractivity contribution is 8.00. The Morgan fingerprint density at radius 1 is 1.33 bits per heavy atom. The first-order chi connectivity index (χ1) is 14.6. The first-order valence-electron chi connectivity index (χ1n) is 11.0. The van der Waals surface area contributed by atoms with Gasteiger partial charge in [-0.2, -0.15) is 5.48 Å². The van der Waals surface area contributed by atoms with Crippen LogP contribution < -0.4 is 21.6 Å². The lowest BCUT2D eigenvalue weighted by molar-refractivity contribution is -0.124. The molecule has 3 aliphatic rings. The molecule has 3 heterocycles. The van der Waals surface area contributed by atoms with E-state index in [9.17, 15) is 4.79 Å². The van der Waals surface area contributed by atoms with Crippen LogP contribution in [-0.2, 0) is 16.2 Å². The Balaban J connectivity index is 1.20. The number of benzene rings is 1. The average Bonchev–Trinajstić information content (AvgIpc) is 3.47. The Hall–Kier alpha value is -1.20. The fourth-order valence-electron chi connectivity index (χ4n) is 4.13. The third-order valence-electron chi connectivity index (χ3n) is 5.88. The van der Waals surface area contributed by atoms with Gasteiger partial charge in [0.2, 0.25) is 5.91 Å². The van der Waals surface area contributed by atoms with Crippen molar-refractivity contribution < 1.29 is 9.63 Å². The summed E-state index contributed by atoms with van der Waals surface area (Å²) in [4.78, 5) is 18.5. The van der Waals surface area contributed by atoms with Crippen molar-refractivity contribution in [3.63, 3.8) is 0 Å². The van der Waals surface area contributed by atoms with Gasteiger partial charge in [-0.1, -0.05) is 43.7 Å². The molecule has 1 aromatic rings. The van der Waals surface area contributed by atoms with E-state index in [4.69, 9.17) is 4.84 Å². The first-order valence-corrected chi connectivity index (χ1v) is 12.0. The SMILES string of the molecule is CCCCN1NC(C2CC(C(=O)NC3CNN(Cc4ccccc4)C3)NO2)SC1C. The molecule has 3 saturated heterocycles. The Morgan fingerprint density at radius 2 is 2.17 bits per heavy atom. The van der Waals surface area contributed by atoms with Gasteiger partial charge < -0.3 is 5.32 Å². The number of unbranched alkanes of at least 4 members (excludes halogenated alkanes) is 1. The Bertz CT molecular complexity index is 695. The summed E-state index contributed by atoms with van der Waals surface area (Å²) in [7, 11) is 0. The summed E-state index contributed by atoms with van der Waals surface area (Å²) in [5.41, 5.74) is 11.2. The molecule has 4 N–H and O–H groups in total. The predicted molar refractivity (Wildman–Crippen MR) is 119 cm³/mol. The maximum absolute atomic E-state index is 12.8. The monoisotopic (exact) mass is 434 g/mol. The molecule has 0 saturated carbocycles. The van der Waals surface area contributed by atoms with Crippen LogP contribution >= 0.6 is 11.8 Å². The number of hydrogen-bond acceptors (Lipinski definition) is 8. The Kier molecular flexibility index (Phi) is 7.64. The lowest BCUT2D eigenvalue weighted by atomic mass is 10.1. The van der Waals surface area contributed by atoms with Crippen LogP contribution in [0, 0.1) is 0 Å². The zero-order valence-corrected chi connectivity index (χ0v) is 18.7. The molecule has 0 aliphatic carbocycles. The van der Waals surface area contributed by atoms with Crippen molar-refractivity contribution >= 4 is 17.7 Å². The lowest BCUT2D eigenvalue weighted by Gasteiger charge is -2.21. The van der Waals surface area contributed by atoms with Crippen LogP contribution in [0.15, 0.2) is 30.3 Å². The number of hydroxylamine groups is 1. The number of nitrogens with zero attached hydrogens (tertiary/aromatic N) is 2. The lowest BCUT2D eigenvalue weighted by Crippen LogP contribution is -2.47. The van der Waals surface area contributed by atoms with Crippen LogP contribution in [0.3, 0.4) is 0 Å². The molecular formula is C21H34N6O2S. The van der Waals surface area contributed by atoms with Gasteiger partial charge in [-0.3, -0.25) is 15.1 Å². The van der Waals surface area contributed by atoms with E-state index in [0.717, 1.165) is 26.2 Å². The molecular weight excluding hydrogens is 400 g/mol. The topological polar surface area (TPSA) is 80.9 Å². The number of rotatable bonds is 8. The van der Waals surface area contributed by atoms with Crippen molar-refractivity contribution in [2.45, 2.75) is 68.6 Å². The van der Waals surface area contributed by atoms with Crippen molar-refractivity contribution in [1.82, 2.24) is 31.7 Å². The maximum Gasteiger partial charge on any atom is 0.239 e. The highest BCUT2D eigenvalue weighted by atomic mass is 32.2. The fourth-order valence-corrected chi connectivity index (χ4v) is 5.41. The predicted octanol–water partition coefficient (Wildman–Crippen LogP) is 1.18. The molecule has 30 heavy (non-hydrogen) atoms. The molecule has 166 valence electrons. The molecule has 0 spiro atoms. The van der Waals surface area contributed by atoms with E-state index in [1.54, 1.807) is 0 Å². The van der Waals surface area contributed by atoms with Gasteiger partial charge in [0.05, 0.1) is 16.8 Å². The Labute approximate surface area is 183 Å². The summed E-state index contributed by atoms with van der Waals surface area (Å²) in [6, 6.07) is 10.2. The van der Waals surface area contributed by atoms with Gasteiger partial charge in [-0.15, -0.1) is 11.8 Å². The molecule has 1 aromatic carbocycles. The Morgan fingerprint density at radius 3 is 2.97 bits per heavy atom. The smallest absolute Gasteiger partial charge is 0.239 e. The molecule has 3 aliphatic heterocycles. The molecule has 4 rings (SSSR count). The molecule has 0 bridgehead atoms. The van der Waals surface area contributed by atoms with Crippen LogP contribution in [0.2, 0.25) is 0 Å². The van der Waals surface area contributed by atoms with E-state index < -0.39 is 0 Å². The number of hydrogen-bond donors (Lipinski definition) is 4. The quantitative estimate of drug-likeness (QED) is 0.486. The van der Waals surface area contributed by atoms with Gasteiger partial charge in [-0.25, -0.2) is 15.4 Å². The normalized spacial score (nSPS) is 32.7. The molecule has 8 nitrogen and oxygen atoms in total. The second-order valence-corrected chi connectivity index (χ2v) is 9.79. The van der Waals surface area contributed by atoms with E-state index in [1.807, 2.05) is 30.0 Å². The third-order valence-corrected chi connectivity index (χ3v) is 7.23. The number of amides is 1. The number of carbonyl (C=O) groups excluding carboxylic acids is 1. The molecule has 5 atom stereocenters. The van der Waals surface area contributed by atoms with Crippen molar-refractivity contribution in [3.05, 3.63) is 35.9 Å². The summed E-state index contributed by atoms with van der Waals surface area (Å²) in [5, 5.41) is 8.21. The minimum Gasteiger partial charge on any atom is -0.349 e. The number of carbonyl (C=O) groups is 1. The maximum atomic E-state index is 12.8. The van der Waals surface area contributed by atoms with Crippen LogP contribution in [0.25, 0.3) is 0 Å². The van der Waals surface area contributed by atoms with Gasteiger partial charge in [0.1, 0.15) is 12.1 Å². The highest BCUT2D eigenvalue weighted by Gasteiger charge is 2.41. The molecule has 5 unspecified atom stereocenters. The van der Waals surface area contributed by atoms with E-state index >= 15 is 0 Å². The van der Waals surface area contributed by atoms with E-state index in [1.165, 1.54) is 18.4 Å². The third kappa shape index (κ3) is 5.53. The second-order valence-electron chi connectivity index (χ2n) is 8.33. The molecule has 9 heteroatoms. The standard InChI is InChI=1S/C21H34N6O2S/c1-3-4-10-27-15(2)30-21(24-27)19-11-18(25-29-19)20(28)23-17-12-22-26(14-17)13-16-8-6-5-7-9-16/h5-9,15,17-19,21-22,24-25H,3-4,10-14H2,1-2H3,(H,23,28). The van der Waals surface area contributed by atoms with E-state index in [0.29, 0.717) is 11.8 Å². The minimum absolute atomic E-state index is 0.0175.